The lowest BCUT2D eigenvalue weighted by atomic mass is 9.67. The predicted molar refractivity (Wildman–Crippen MR) is 77.1 cm³/mol. The molecule has 1 N–H and O–H groups in total. The minimum atomic E-state index is -0.0504. The highest BCUT2D eigenvalue weighted by Gasteiger charge is 2.54. The van der Waals surface area contributed by atoms with Crippen LogP contribution in [0.3, 0.4) is 0 Å². The SMILES string of the molecule is COC[C@H]1[C@H](NC(=O)Cn2cc(Cl)c(C)n2)[C@H]2CCO[C@H]21. The maximum Gasteiger partial charge on any atom is 0.241 e. The highest BCUT2D eigenvalue weighted by atomic mass is 35.5. The van der Waals surface area contributed by atoms with Crippen LogP contribution in [0.25, 0.3) is 0 Å². The van der Waals surface area contributed by atoms with Gasteiger partial charge in [0.05, 0.1) is 23.4 Å². The molecule has 0 aromatic carbocycles. The minimum Gasteiger partial charge on any atom is -0.384 e. The molecule has 3 rings (SSSR count). The van der Waals surface area contributed by atoms with Crippen molar-refractivity contribution in [1.29, 1.82) is 0 Å². The van der Waals surface area contributed by atoms with Gasteiger partial charge in [-0.05, 0) is 13.3 Å². The fourth-order valence-electron chi connectivity index (χ4n) is 3.39. The summed E-state index contributed by atoms with van der Waals surface area (Å²) in [5.41, 5.74) is 0.731. The number of carbonyl (C=O) groups excluding carboxylic acids is 1. The van der Waals surface area contributed by atoms with Crippen LogP contribution in [-0.4, -0.2) is 48.2 Å². The standard InChI is InChI=1S/C14H20ClN3O3/c1-8-11(15)5-18(17-8)6-12(19)16-13-9-3-4-21-14(9)10(13)7-20-2/h5,9-10,13-14H,3-4,6-7H2,1-2H3,(H,16,19)/t9-,10+,13-,14-/m1/s1. The number of hydrogen-bond donors (Lipinski definition) is 1. The molecule has 0 unspecified atom stereocenters. The second-order valence-electron chi connectivity index (χ2n) is 5.76. The molecule has 1 aromatic rings. The Bertz CT molecular complexity index is 514. The first-order chi connectivity index (χ1) is 10.1. The Morgan fingerprint density at radius 3 is 3.14 bits per heavy atom. The van der Waals surface area contributed by atoms with Gasteiger partial charge < -0.3 is 14.8 Å². The molecule has 7 heteroatoms. The van der Waals surface area contributed by atoms with Crippen molar-refractivity contribution in [3.8, 4) is 0 Å². The third-order valence-corrected chi connectivity index (χ3v) is 4.78. The van der Waals surface area contributed by atoms with Gasteiger partial charge in [0.1, 0.15) is 6.54 Å². The lowest BCUT2D eigenvalue weighted by Gasteiger charge is -2.47. The van der Waals surface area contributed by atoms with Crippen LogP contribution in [0.2, 0.25) is 5.02 Å². The average molecular weight is 314 g/mol. The van der Waals surface area contributed by atoms with Gasteiger partial charge in [-0.3, -0.25) is 9.48 Å². The first kappa shape index (κ1) is 14.8. The third-order valence-electron chi connectivity index (χ3n) is 4.41. The van der Waals surface area contributed by atoms with Crippen molar-refractivity contribution in [3.05, 3.63) is 16.9 Å². The summed E-state index contributed by atoms with van der Waals surface area (Å²) >= 11 is 5.95. The molecule has 0 spiro atoms. The molecular formula is C14H20ClN3O3. The van der Waals surface area contributed by atoms with E-state index in [1.165, 1.54) is 0 Å². The van der Waals surface area contributed by atoms with E-state index < -0.39 is 0 Å². The molecule has 6 nitrogen and oxygen atoms in total. The van der Waals surface area contributed by atoms with Gasteiger partial charge in [0.15, 0.2) is 0 Å². The second kappa shape index (κ2) is 5.94. The highest BCUT2D eigenvalue weighted by Crippen LogP contribution is 2.43. The highest BCUT2D eigenvalue weighted by molar-refractivity contribution is 6.31. The fourth-order valence-corrected chi connectivity index (χ4v) is 3.54. The number of methoxy groups -OCH3 is 1. The molecule has 0 bridgehead atoms. The van der Waals surface area contributed by atoms with Crippen molar-refractivity contribution in [3.63, 3.8) is 0 Å². The van der Waals surface area contributed by atoms with E-state index in [-0.39, 0.29) is 30.5 Å². The van der Waals surface area contributed by atoms with Gasteiger partial charge in [-0.1, -0.05) is 11.6 Å². The zero-order valence-electron chi connectivity index (χ0n) is 12.2. The quantitative estimate of drug-likeness (QED) is 0.881. The molecule has 1 aliphatic heterocycles. The number of carbonyl (C=O) groups is 1. The molecule has 0 radical (unpaired) electrons. The fraction of sp³-hybridized carbons (Fsp3) is 0.714. The lowest BCUT2D eigenvalue weighted by molar-refractivity contribution is -0.130. The zero-order chi connectivity index (χ0) is 15.0. The van der Waals surface area contributed by atoms with Crippen molar-refractivity contribution in [2.75, 3.05) is 20.3 Å². The smallest absolute Gasteiger partial charge is 0.241 e. The summed E-state index contributed by atoms with van der Waals surface area (Å²) in [6.07, 6.45) is 2.91. The predicted octanol–water partition coefficient (Wildman–Crippen LogP) is 1.01. The Morgan fingerprint density at radius 2 is 2.48 bits per heavy atom. The van der Waals surface area contributed by atoms with Crippen molar-refractivity contribution in [2.24, 2.45) is 11.8 Å². The largest absolute Gasteiger partial charge is 0.384 e. The Balaban J connectivity index is 1.58. The van der Waals surface area contributed by atoms with Crippen molar-refractivity contribution < 1.29 is 14.3 Å². The van der Waals surface area contributed by atoms with Gasteiger partial charge in [-0.25, -0.2) is 0 Å². The molecule has 2 heterocycles. The number of aryl methyl sites for hydroxylation is 1. The Morgan fingerprint density at radius 1 is 1.67 bits per heavy atom. The monoisotopic (exact) mass is 313 g/mol. The van der Waals surface area contributed by atoms with Gasteiger partial charge in [0.25, 0.3) is 0 Å². The van der Waals surface area contributed by atoms with Gasteiger partial charge in [-0.15, -0.1) is 0 Å². The van der Waals surface area contributed by atoms with Crippen LogP contribution in [0, 0.1) is 18.8 Å². The summed E-state index contributed by atoms with van der Waals surface area (Å²) in [5, 5.41) is 7.87. The maximum absolute atomic E-state index is 12.2. The number of halogens is 1. The van der Waals surface area contributed by atoms with Crippen LogP contribution in [0.4, 0.5) is 0 Å². The van der Waals surface area contributed by atoms with E-state index in [9.17, 15) is 4.79 Å². The summed E-state index contributed by atoms with van der Waals surface area (Å²) in [6.45, 7) is 3.38. The summed E-state index contributed by atoms with van der Waals surface area (Å²) in [7, 11) is 1.68. The van der Waals surface area contributed by atoms with E-state index >= 15 is 0 Å². The first-order valence-corrected chi connectivity index (χ1v) is 7.57. The summed E-state index contributed by atoms with van der Waals surface area (Å²) < 4.78 is 12.5. The van der Waals surface area contributed by atoms with Gasteiger partial charge in [-0.2, -0.15) is 5.10 Å². The number of aromatic nitrogens is 2. The molecule has 1 saturated carbocycles. The van der Waals surface area contributed by atoms with E-state index in [2.05, 4.69) is 10.4 Å². The van der Waals surface area contributed by atoms with Crippen LogP contribution in [0.1, 0.15) is 12.1 Å². The summed E-state index contributed by atoms with van der Waals surface area (Å²) in [5.74, 6) is 0.608. The van der Waals surface area contributed by atoms with Gasteiger partial charge in [0.2, 0.25) is 5.91 Å². The summed E-state index contributed by atoms with van der Waals surface area (Å²) in [4.78, 5) is 12.2. The second-order valence-corrected chi connectivity index (χ2v) is 6.17. The molecule has 1 aliphatic carbocycles. The first-order valence-electron chi connectivity index (χ1n) is 7.19. The number of ether oxygens (including phenoxy) is 2. The number of nitrogens with one attached hydrogen (secondary N) is 1. The molecule has 1 amide bonds. The number of fused-ring (bicyclic) bond motifs is 1. The van der Waals surface area contributed by atoms with Crippen LogP contribution >= 0.6 is 11.6 Å². The number of hydrogen-bond acceptors (Lipinski definition) is 4. The minimum absolute atomic E-state index is 0.0504. The van der Waals surface area contributed by atoms with E-state index in [4.69, 9.17) is 21.1 Å². The van der Waals surface area contributed by atoms with E-state index in [1.54, 1.807) is 18.0 Å². The zero-order valence-corrected chi connectivity index (χ0v) is 13.0. The maximum atomic E-state index is 12.2. The topological polar surface area (TPSA) is 65.4 Å². The van der Waals surface area contributed by atoms with E-state index in [1.807, 2.05) is 6.92 Å². The molecule has 1 aromatic heterocycles. The van der Waals surface area contributed by atoms with Crippen LogP contribution < -0.4 is 5.32 Å². The number of nitrogens with zero attached hydrogens (tertiary/aromatic N) is 2. The van der Waals surface area contributed by atoms with Crippen molar-refractivity contribution in [1.82, 2.24) is 15.1 Å². The van der Waals surface area contributed by atoms with Crippen molar-refractivity contribution in [2.45, 2.75) is 32.0 Å². The Kier molecular flexibility index (Phi) is 4.19. The molecule has 2 aliphatic rings. The molecule has 116 valence electrons. The van der Waals surface area contributed by atoms with E-state index in [0.717, 1.165) is 18.7 Å². The lowest BCUT2D eigenvalue weighted by Crippen LogP contribution is -2.63. The molecule has 2 fully saturated rings. The van der Waals surface area contributed by atoms with Crippen LogP contribution in [0.5, 0.6) is 0 Å². The van der Waals surface area contributed by atoms with Gasteiger partial charge >= 0.3 is 0 Å². The molecule has 4 atom stereocenters. The van der Waals surface area contributed by atoms with Crippen molar-refractivity contribution >= 4 is 17.5 Å². The molecule has 21 heavy (non-hydrogen) atoms. The normalized spacial score (nSPS) is 30.8. The molecular weight excluding hydrogens is 294 g/mol. The van der Waals surface area contributed by atoms with Crippen LogP contribution in [-0.2, 0) is 20.8 Å². The average Bonchev–Trinajstić information content (AvgIpc) is 2.98. The number of amides is 1. The van der Waals surface area contributed by atoms with E-state index in [0.29, 0.717) is 17.5 Å². The van der Waals surface area contributed by atoms with Crippen LogP contribution in [0.15, 0.2) is 6.20 Å². The summed E-state index contributed by atoms with van der Waals surface area (Å²) in [6, 6.07) is 0.136. The number of rotatable bonds is 5. The third kappa shape index (κ3) is 2.80. The van der Waals surface area contributed by atoms with Gasteiger partial charge in [0, 0.05) is 37.8 Å². The Labute approximate surface area is 128 Å². The molecule has 1 saturated heterocycles. The Hall–Kier alpha value is -1.11.